The summed E-state index contributed by atoms with van der Waals surface area (Å²) >= 11 is 0. The second kappa shape index (κ2) is 9.98. The molecule has 8 atom stereocenters. The van der Waals surface area contributed by atoms with Crippen LogP contribution in [0.1, 0.15) is 52.9 Å². The largest absolute Gasteiger partial charge is 0.512 e. The molecule has 2 aliphatic heterocycles. The third-order valence-corrected chi connectivity index (χ3v) is 5.69. The number of carbonyl (C=O) groups excluding carboxylic acids is 1. The zero-order chi connectivity index (χ0) is 20.1. The van der Waals surface area contributed by atoms with Crippen LogP contribution in [0.25, 0.3) is 0 Å². The summed E-state index contributed by atoms with van der Waals surface area (Å²) in [5.41, 5.74) is 0. The number of hydrogen-bond acceptors (Lipinski definition) is 7. The number of aliphatic hydroxyl groups is 4. The van der Waals surface area contributed by atoms with Crippen molar-refractivity contribution in [2.24, 2.45) is 11.8 Å². The Bertz CT molecular complexity index is 518. The van der Waals surface area contributed by atoms with E-state index in [2.05, 4.69) is 0 Å². The minimum absolute atomic E-state index is 0.0131. The standard InChI is InChI=1S/C20H34O7/c1-4-5-6-14(22)8-15(23)9-16-19(25)18(24)13(10-26-16)7-17-20(27-17)11(2)12(3)21/h8,11-13,16-22,24-25H,4-7,9-10H2,1-3H3/b14-8-/t11-,12-,13-,16-,17-,18+,19-,20-/m0/s1. The topological polar surface area (TPSA) is 120 Å². The van der Waals surface area contributed by atoms with E-state index in [-0.39, 0.29) is 48.6 Å². The van der Waals surface area contributed by atoms with Gasteiger partial charge >= 0.3 is 0 Å². The molecule has 0 amide bonds. The van der Waals surface area contributed by atoms with Gasteiger partial charge in [-0.15, -0.1) is 0 Å². The van der Waals surface area contributed by atoms with E-state index >= 15 is 0 Å². The Balaban J connectivity index is 1.80. The molecule has 156 valence electrons. The summed E-state index contributed by atoms with van der Waals surface area (Å²) in [4.78, 5) is 12.0. The Labute approximate surface area is 161 Å². The first-order valence-electron chi connectivity index (χ1n) is 9.98. The summed E-state index contributed by atoms with van der Waals surface area (Å²) in [6, 6.07) is 0. The normalized spacial score (nSPS) is 36.3. The molecule has 0 aromatic carbocycles. The van der Waals surface area contributed by atoms with Gasteiger partial charge in [0.15, 0.2) is 5.78 Å². The predicted octanol–water partition coefficient (Wildman–Crippen LogP) is 1.49. The van der Waals surface area contributed by atoms with Crippen LogP contribution < -0.4 is 0 Å². The highest BCUT2D eigenvalue weighted by Gasteiger charge is 2.48. The molecule has 0 spiro atoms. The van der Waals surface area contributed by atoms with Crippen LogP contribution in [0.2, 0.25) is 0 Å². The van der Waals surface area contributed by atoms with Crippen LogP contribution in [0.4, 0.5) is 0 Å². The second-order valence-electron chi connectivity index (χ2n) is 8.00. The van der Waals surface area contributed by atoms with Crippen molar-refractivity contribution in [3.8, 4) is 0 Å². The number of rotatable bonds is 10. The molecular weight excluding hydrogens is 352 g/mol. The Morgan fingerprint density at radius 1 is 1.22 bits per heavy atom. The Kier molecular flexibility index (Phi) is 8.24. The number of hydrogen-bond donors (Lipinski definition) is 4. The van der Waals surface area contributed by atoms with Gasteiger partial charge < -0.3 is 29.9 Å². The first kappa shape index (κ1) is 22.3. The monoisotopic (exact) mass is 386 g/mol. The maximum absolute atomic E-state index is 12.0. The van der Waals surface area contributed by atoms with Gasteiger partial charge in [0.25, 0.3) is 0 Å². The minimum Gasteiger partial charge on any atom is -0.512 e. The first-order valence-corrected chi connectivity index (χ1v) is 9.98. The van der Waals surface area contributed by atoms with Gasteiger partial charge in [0.05, 0.1) is 42.9 Å². The van der Waals surface area contributed by atoms with Gasteiger partial charge in [-0.05, 0) is 19.8 Å². The Morgan fingerprint density at radius 2 is 1.93 bits per heavy atom. The molecule has 2 aliphatic rings. The van der Waals surface area contributed by atoms with Gasteiger partial charge in [0.1, 0.15) is 6.10 Å². The van der Waals surface area contributed by atoms with E-state index in [4.69, 9.17) is 9.47 Å². The molecule has 7 nitrogen and oxygen atoms in total. The molecule has 2 rings (SSSR count). The van der Waals surface area contributed by atoms with E-state index in [9.17, 15) is 25.2 Å². The molecule has 0 aliphatic carbocycles. The summed E-state index contributed by atoms with van der Waals surface area (Å²) in [5.74, 6) is -0.556. The predicted molar refractivity (Wildman–Crippen MR) is 99.2 cm³/mol. The number of ether oxygens (including phenoxy) is 2. The molecule has 2 heterocycles. The lowest BCUT2D eigenvalue weighted by Crippen LogP contribution is -2.51. The van der Waals surface area contributed by atoms with Gasteiger partial charge in [-0.2, -0.15) is 0 Å². The molecule has 0 aromatic heterocycles. The van der Waals surface area contributed by atoms with Crippen molar-refractivity contribution >= 4 is 5.78 Å². The third kappa shape index (κ3) is 6.26. The van der Waals surface area contributed by atoms with Crippen LogP contribution in [0.3, 0.4) is 0 Å². The van der Waals surface area contributed by atoms with Crippen molar-refractivity contribution in [1.29, 1.82) is 0 Å². The van der Waals surface area contributed by atoms with Gasteiger partial charge in [-0.3, -0.25) is 4.79 Å². The van der Waals surface area contributed by atoms with Crippen LogP contribution in [-0.4, -0.2) is 69.4 Å². The molecule has 0 bridgehead atoms. The highest BCUT2D eigenvalue weighted by Crippen LogP contribution is 2.38. The van der Waals surface area contributed by atoms with Crippen molar-refractivity contribution in [2.75, 3.05) is 6.61 Å². The molecular formula is C20H34O7. The van der Waals surface area contributed by atoms with Gasteiger partial charge in [0, 0.05) is 30.8 Å². The molecule has 7 heteroatoms. The van der Waals surface area contributed by atoms with Crippen molar-refractivity contribution in [3.05, 3.63) is 11.8 Å². The van der Waals surface area contributed by atoms with Crippen LogP contribution in [0.5, 0.6) is 0 Å². The molecule has 27 heavy (non-hydrogen) atoms. The summed E-state index contributed by atoms with van der Waals surface area (Å²) in [5, 5.41) is 40.1. The number of carbonyl (C=O) groups is 1. The fourth-order valence-corrected chi connectivity index (χ4v) is 3.58. The molecule has 0 radical (unpaired) electrons. The fraction of sp³-hybridized carbons (Fsp3) is 0.850. The smallest absolute Gasteiger partial charge is 0.161 e. The number of aliphatic hydroxyl groups excluding tert-OH is 4. The summed E-state index contributed by atoms with van der Waals surface area (Å²) < 4.78 is 11.2. The quantitative estimate of drug-likeness (QED) is 0.255. The molecule has 4 N–H and O–H groups in total. The van der Waals surface area contributed by atoms with E-state index in [0.29, 0.717) is 12.8 Å². The minimum atomic E-state index is -1.16. The maximum atomic E-state index is 12.0. The van der Waals surface area contributed by atoms with E-state index < -0.39 is 24.4 Å². The molecule has 2 fully saturated rings. The molecule has 0 saturated carbocycles. The fourth-order valence-electron chi connectivity index (χ4n) is 3.58. The zero-order valence-electron chi connectivity index (χ0n) is 16.5. The molecule has 0 unspecified atom stereocenters. The number of unbranched alkanes of at least 4 members (excludes halogenated alkanes) is 1. The van der Waals surface area contributed by atoms with Crippen molar-refractivity contribution in [1.82, 2.24) is 0 Å². The number of epoxide rings is 1. The summed E-state index contributed by atoms with van der Waals surface area (Å²) in [6.07, 6.45) is 0.321. The Hall–Kier alpha value is -0.990. The first-order chi connectivity index (χ1) is 12.7. The SMILES string of the molecule is CCCC/C(O)=C/C(=O)C[C@@H]1OC[C@H](C[C@@H]2O[C@H]2[C@@H](C)[C@H](C)O)[C@@H](O)[C@H]1O. The van der Waals surface area contributed by atoms with E-state index in [1.54, 1.807) is 6.92 Å². The van der Waals surface area contributed by atoms with Crippen LogP contribution >= 0.6 is 0 Å². The average molecular weight is 386 g/mol. The average Bonchev–Trinajstić information content (AvgIpc) is 3.37. The van der Waals surface area contributed by atoms with Crippen LogP contribution in [-0.2, 0) is 14.3 Å². The van der Waals surface area contributed by atoms with Gasteiger partial charge in [-0.25, -0.2) is 0 Å². The zero-order valence-corrected chi connectivity index (χ0v) is 16.5. The lowest BCUT2D eigenvalue weighted by atomic mass is 9.85. The van der Waals surface area contributed by atoms with Crippen molar-refractivity contribution < 1.29 is 34.7 Å². The second-order valence-corrected chi connectivity index (χ2v) is 8.00. The number of allylic oxidation sites excluding steroid dienone is 2. The molecule has 0 aromatic rings. The highest BCUT2D eigenvalue weighted by atomic mass is 16.6. The van der Waals surface area contributed by atoms with E-state index in [1.807, 2.05) is 13.8 Å². The van der Waals surface area contributed by atoms with Crippen LogP contribution in [0, 0.1) is 11.8 Å². The summed E-state index contributed by atoms with van der Waals surface area (Å²) in [7, 11) is 0. The highest BCUT2D eigenvalue weighted by molar-refractivity contribution is 5.90. The van der Waals surface area contributed by atoms with Crippen LogP contribution in [0.15, 0.2) is 11.8 Å². The lowest BCUT2D eigenvalue weighted by molar-refractivity contribution is -0.169. The van der Waals surface area contributed by atoms with Crippen molar-refractivity contribution in [2.45, 2.75) is 89.5 Å². The van der Waals surface area contributed by atoms with Crippen molar-refractivity contribution in [3.63, 3.8) is 0 Å². The third-order valence-electron chi connectivity index (χ3n) is 5.69. The van der Waals surface area contributed by atoms with Gasteiger partial charge in [-0.1, -0.05) is 20.3 Å². The van der Waals surface area contributed by atoms with E-state index in [0.717, 1.165) is 12.8 Å². The van der Waals surface area contributed by atoms with E-state index in [1.165, 1.54) is 6.08 Å². The summed E-state index contributed by atoms with van der Waals surface area (Å²) in [6.45, 7) is 5.88. The van der Waals surface area contributed by atoms with Gasteiger partial charge in [0.2, 0.25) is 0 Å². The lowest BCUT2D eigenvalue weighted by Gasteiger charge is -2.37. The maximum Gasteiger partial charge on any atom is 0.161 e. The number of ketones is 1. The Morgan fingerprint density at radius 3 is 2.56 bits per heavy atom. The molecule has 2 saturated heterocycles.